The van der Waals surface area contributed by atoms with E-state index in [1.165, 1.54) is 6.07 Å². The average Bonchev–Trinajstić information content (AvgIpc) is 2.48. The lowest BCUT2D eigenvalue weighted by atomic mass is 10.1. The van der Waals surface area contributed by atoms with E-state index in [9.17, 15) is 4.79 Å². The predicted molar refractivity (Wildman–Crippen MR) is 83.5 cm³/mol. The molecular formula is C16H9Cl2NO2. The highest BCUT2D eigenvalue weighted by atomic mass is 35.5. The zero-order valence-electron chi connectivity index (χ0n) is 10.7. The molecule has 0 aliphatic heterocycles. The number of hydrogen-bond donors (Lipinski definition) is 0. The molecule has 21 heavy (non-hydrogen) atoms. The highest BCUT2D eigenvalue weighted by Gasteiger charge is 2.13. The number of aromatic nitrogens is 1. The number of halogens is 2. The van der Waals surface area contributed by atoms with Crippen molar-refractivity contribution in [3.8, 4) is 11.6 Å². The number of rotatable bonds is 3. The molecule has 0 amide bonds. The molecule has 0 aliphatic rings. The molecule has 104 valence electrons. The van der Waals surface area contributed by atoms with Crippen molar-refractivity contribution in [3.63, 3.8) is 0 Å². The number of hydrogen-bond acceptors (Lipinski definition) is 3. The summed E-state index contributed by atoms with van der Waals surface area (Å²) in [6, 6.07) is 15.8. The minimum atomic E-state index is -0.581. The molecule has 1 heterocycles. The van der Waals surface area contributed by atoms with Crippen LogP contribution in [0.5, 0.6) is 11.6 Å². The van der Waals surface area contributed by atoms with E-state index in [4.69, 9.17) is 27.9 Å². The summed E-state index contributed by atoms with van der Waals surface area (Å²) in [6.07, 6.45) is 0. The number of para-hydroxylation sites is 1. The Kier molecular flexibility index (Phi) is 3.78. The van der Waals surface area contributed by atoms with Crippen molar-refractivity contribution in [1.29, 1.82) is 0 Å². The van der Waals surface area contributed by atoms with Crippen LogP contribution in [0.4, 0.5) is 0 Å². The predicted octanol–water partition coefficient (Wildman–Crippen LogP) is 5.06. The normalized spacial score (nSPS) is 10.6. The Hall–Kier alpha value is -2.10. The summed E-state index contributed by atoms with van der Waals surface area (Å²) in [5.41, 5.74) is 0.909. The first-order valence-electron chi connectivity index (χ1n) is 6.16. The van der Waals surface area contributed by atoms with Crippen LogP contribution in [0.15, 0.2) is 54.6 Å². The van der Waals surface area contributed by atoms with E-state index in [1.807, 2.05) is 18.2 Å². The Morgan fingerprint density at radius 2 is 1.81 bits per heavy atom. The van der Waals surface area contributed by atoms with Crippen LogP contribution in [-0.4, -0.2) is 10.2 Å². The number of ether oxygens (including phenoxy) is 1. The van der Waals surface area contributed by atoms with Crippen molar-refractivity contribution >= 4 is 39.3 Å². The van der Waals surface area contributed by atoms with E-state index in [-0.39, 0.29) is 0 Å². The lowest BCUT2D eigenvalue weighted by molar-refractivity contribution is 0.108. The molecular weight excluding hydrogens is 309 g/mol. The highest BCUT2D eigenvalue weighted by molar-refractivity contribution is 6.68. The van der Waals surface area contributed by atoms with Gasteiger partial charge in [0.05, 0.1) is 5.52 Å². The Morgan fingerprint density at radius 1 is 1.05 bits per heavy atom. The zero-order valence-corrected chi connectivity index (χ0v) is 12.2. The number of pyridine rings is 1. The number of carbonyl (C=O) groups is 1. The molecule has 1 aromatic heterocycles. The molecule has 0 unspecified atom stereocenters. The molecule has 0 atom stereocenters. The van der Waals surface area contributed by atoms with E-state index in [2.05, 4.69) is 4.98 Å². The number of fused-ring (bicyclic) bond motifs is 1. The average molecular weight is 318 g/mol. The van der Waals surface area contributed by atoms with Crippen LogP contribution in [0.2, 0.25) is 5.02 Å². The van der Waals surface area contributed by atoms with Gasteiger partial charge in [-0.25, -0.2) is 4.98 Å². The summed E-state index contributed by atoms with van der Waals surface area (Å²) in [7, 11) is 0. The van der Waals surface area contributed by atoms with Gasteiger partial charge in [-0.15, -0.1) is 0 Å². The molecule has 0 saturated heterocycles. The van der Waals surface area contributed by atoms with Crippen LogP contribution in [0.3, 0.4) is 0 Å². The van der Waals surface area contributed by atoms with Gasteiger partial charge in [-0.2, -0.15) is 0 Å². The third kappa shape index (κ3) is 2.99. The zero-order chi connectivity index (χ0) is 14.8. The van der Waals surface area contributed by atoms with Crippen LogP contribution in [0.1, 0.15) is 10.4 Å². The first-order chi connectivity index (χ1) is 10.1. The van der Waals surface area contributed by atoms with Gasteiger partial charge in [-0.1, -0.05) is 29.8 Å². The van der Waals surface area contributed by atoms with Gasteiger partial charge in [0.1, 0.15) is 5.75 Å². The SMILES string of the molecule is O=C(Cl)c1cc(Oc2ccccc2)nc2ccc(Cl)cc12. The molecule has 0 radical (unpaired) electrons. The van der Waals surface area contributed by atoms with E-state index >= 15 is 0 Å². The van der Waals surface area contributed by atoms with Gasteiger partial charge in [0, 0.05) is 22.0 Å². The van der Waals surface area contributed by atoms with Crippen molar-refractivity contribution in [3.05, 3.63) is 65.2 Å². The second-order valence-electron chi connectivity index (χ2n) is 4.36. The number of nitrogens with zero attached hydrogens (tertiary/aromatic N) is 1. The quantitative estimate of drug-likeness (QED) is 0.634. The Bertz CT molecular complexity index is 819. The fourth-order valence-electron chi connectivity index (χ4n) is 2.00. The van der Waals surface area contributed by atoms with Gasteiger partial charge >= 0.3 is 0 Å². The lowest BCUT2D eigenvalue weighted by Crippen LogP contribution is -1.96. The Morgan fingerprint density at radius 3 is 2.52 bits per heavy atom. The third-order valence-electron chi connectivity index (χ3n) is 2.92. The monoisotopic (exact) mass is 317 g/mol. The van der Waals surface area contributed by atoms with Gasteiger partial charge in [0.15, 0.2) is 0 Å². The van der Waals surface area contributed by atoms with Gasteiger partial charge in [-0.3, -0.25) is 4.79 Å². The van der Waals surface area contributed by atoms with Crippen molar-refractivity contribution in [2.45, 2.75) is 0 Å². The summed E-state index contributed by atoms with van der Waals surface area (Å²) in [5, 5.41) is 0.533. The minimum Gasteiger partial charge on any atom is -0.439 e. The lowest BCUT2D eigenvalue weighted by Gasteiger charge is -2.08. The standard InChI is InChI=1S/C16H9Cl2NO2/c17-10-6-7-14-12(8-10)13(16(18)20)9-15(19-14)21-11-4-2-1-3-5-11/h1-9H. The maximum absolute atomic E-state index is 11.6. The van der Waals surface area contributed by atoms with Crippen LogP contribution in [0, 0.1) is 0 Å². The maximum atomic E-state index is 11.6. The summed E-state index contributed by atoms with van der Waals surface area (Å²) >= 11 is 11.6. The van der Waals surface area contributed by atoms with Gasteiger partial charge < -0.3 is 4.74 Å². The maximum Gasteiger partial charge on any atom is 0.253 e. The van der Waals surface area contributed by atoms with Gasteiger partial charge in [-0.05, 0) is 41.9 Å². The molecule has 3 aromatic rings. The summed E-state index contributed by atoms with van der Waals surface area (Å²) < 4.78 is 5.65. The van der Waals surface area contributed by atoms with Gasteiger partial charge in [0.2, 0.25) is 5.88 Å². The van der Waals surface area contributed by atoms with Crippen LogP contribution in [0.25, 0.3) is 10.9 Å². The molecule has 3 rings (SSSR count). The first-order valence-corrected chi connectivity index (χ1v) is 6.92. The molecule has 0 spiro atoms. The summed E-state index contributed by atoms with van der Waals surface area (Å²) in [4.78, 5) is 16.0. The number of benzene rings is 2. The Balaban J connectivity index is 2.12. The topological polar surface area (TPSA) is 39.2 Å². The number of carbonyl (C=O) groups excluding carboxylic acids is 1. The summed E-state index contributed by atoms with van der Waals surface area (Å²) in [6.45, 7) is 0. The fraction of sp³-hybridized carbons (Fsp3) is 0. The highest BCUT2D eigenvalue weighted by Crippen LogP contribution is 2.28. The van der Waals surface area contributed by atoms with Crippen molar-refractivity contribution < 1.29 is 9.53 Å². The molecule has 0 aliphatic carbocycles. The molecule has 2 aromatic carbocycles. The molecule has 0 bridgehead atoms. The largest absolute Gasteiger partial charge is 0.439 e. The van der Waals surface area contributed by atoms with E-state index < -0.39 is 5.24 Å². The van der Waals surface area contributed by atoms with E-state index in [0.29, 0.717) is 33.1 Å². The molecule has 3 nitrogen and oxygen atoms in total. The van der Waals surface area contributed by atoms with E-state index in [0.717, 1.165) is 0 Å². The van der Waals surface area contributed by atoms with Crippen molar-refractivity contribution in [2.24, 2.45) is 0 Å². The van der Waals surface area contributed by atoms with Crippen molar-refractivity contribution in [2.75, 3.05) is 0 Å². The van der Waals surface area contributed by atoms with Crippen molar-refractivity contribution in [1.82, 2.24) is 4.98 Å². The van der Waals surface area contributed by atoms with Crippen LogP contribution >= 0.6 is 23.2 Å². The molecule has 0 saturated carbocycles. The first kappa shape index (κ1) is 13.9. The Labute approximate surface area is 131 Å². The molecule has 0 fully saturated rings. The fourth-order valence-corrected chi connectivity index (χ4v) is 2.33. The van der Waals surface area contributed by atoms with E-state index in [1.54, 1.807) is 30.3 Å². The second kappa shape index (κ2) is 5.72. The third-order valence-corrected chi connectivity index (χ3v) is 3.36. The second-order valence-corrected chi connectivity index (χ2v) is 5.14. The van der Waals surface area contributed by atoms with Crippen LogP contribution < -0.4 is 4.74 Å². The summed E-state index contributed by atoms with van der Waals surface area (Å²) in [5.74, 6) is 0.936. The molecule has 0 N–H and O–H groups in total. The molecule has 5 heteroatoms. The smallest absolute Gasteiger partial charge is 0.253 e. The van der Waals surface area contributed by atoms with Gasteiger partial charge in [0.25, 0.3) is 5.24 Å². The minimum absolute atomic E-state index is 0.306. The van der Waals surface area contributed by atoms with Crippen LogP contribution in [-0.2, 0) is 0 Å².